The number of alkyl halides is 1. The first-order valence-corrected chi connectivity index (χ1v) is 5.75. The van der Waals surface area contributed by atoms with Crippen molar-refractivity contribution >= 4 is 28.6 Å². The average Bonchev–Trinajstić information content (AvgIpc) is 2.05. The van der Waals surface area contributed by atoms with Gasteiger partial charge < -0.3 is 5.11 Å². The quantitative estimate of drug-likeness (QED) is 0.625. The van der Waals surface area contributed by atoms with E-state index >= 15 is 0 Å². The van der Waals surface area contributed by atoms with Gasteiger partial charge in [0.05, 0.1) is 6.54 Å². The molecule has 1 rings (SSSR count). The highest BCUT2D eigenvalue weighted by atomic mass is 127. The van der Waals surface area contributed by atoms with Crippen LogP contribution in [0.1, 0.15) is 12.8 Å². The van der Waals surface area contributed by atoms with Crippen molar-refractivity contribution in [3.05, 3.63) is 0 Å². The normalized spacial score (nSPS) is 21.1. The molecule has 70 valence electrons. The topological polar surface area (TPSA) is 40.5 Å². The molecule has 1 heterocycles. The van der Waals surface area contributed by atoms with Gasteiger partial charge in [0.15, 0.2) is 0 Å². The zero-order valence-electron chi connectivity index (χ0n) is 7.00. The minimum atomic E-state index is -0.706. The van der Waals surface area contributed by atoms with Crippen LogP contribution in [0, 0.1) is 5.92 Å². The van der Waals surface area contributed by atoms with Gasteiger partial charge >= 0.3 is 5.97 Å². The molecule has 0 unspecified atom stereocenters. The third-order valence-corrected chi connectivity index (χ3v) is 3.53. The highest BCUT2D eigenvalue weighted by Crippen LogP contribution is 2.18. The molecule has 0 saturated carbocycles. The molecule has 1 aliphatic rings. The number of aliphatic carboxylic acids is 1. The molecule has 3 nitrogen and oxygen atoms in total. The Bertz CT molecular complexity index is 155. The van der Waals surface area contributed by atoms with Crippen LogP contribution >= 0.6 is 22.6 Å². The van der Waals surface area contributed by atoms with Crippen molar-refractivity contribution < 1.29 is 9.90 Å². The van der Waals surface area contributed by atoms with Crippen LogP contribution < -0.4 is 0 Å². The Morgan fingerprint density at radius 1 is 1.50 bits per heavy atom. The van der Waals surface area contributed by atoms with Gasteiger partial charge in [0.1, 0.15) is 0 Å². The number of carbonyl (C=O) groups is 1. The summed E-state index contributed by atoms with van der Waals surface area (Å²) in [5, 5.41) is 8.55. The Labute approximate surface area is 86.3 Å². The molecule has 0 aromatic heterocycles. The minimum absolute atomic E-state index is 0.216. The molecule has 0 radical (unpaired) electrons. The first kappa shape index (κ1) is 10.2. The van der Waals surface area contributed by atoms with Crippen LogP contribution in [0.5, 0.6) is 0 Å². The van der Waals surface area contributed by atoms with Gasteiger partial charge in [0.25, 0.3) is 0 Å². The predicted molar refractivity (Wildman–Crippen MR) is 55.7 cm³/mol. The Hall–Kier alpha value is 0.160. The molecular formula is C8H14INO2. The molecule has 1 N–H and O–H groups in total. The van der Waals surface area contributed by atoms with Gasteiger partial charge in [-0.3, -0.25) is 9.69 Å². The van der Waals surface area contributed by atoms with E-state index in [0.29, 0.717) is 0 Å². The fraction of sp³-hybridized carbons (Fsp3) is 0.875. The number of carboxylic acids is 1. The fourth-order valence-corrected chi connectivity index (χ4v) is 2.37. The van der Waals surface area contributed by atoms with E-state index in [2.05, 4.69) is 22.6 Å². The molecule has 0 bridgehead atoms. The van der Waals surface area contributed by atoms with Gasteiger partial charge in [0.2, 0.25) is 0 Å². The lowest BCUT2D eigenvalue weighted by atomic mass is 9.99. The second kappa shape index (κ2) is 5.01. The third kappa shape index (κ3) is 3.26. The van der Waals surface area contributed by atoms with Gasteiger partial charge in [0, 0.05) is 4.43 Å². The van der Waals surface area contributed by atoms with E-state index in [0.717, 1.165) is 31.8 Å². The number of piperidine rings is 1. The molecule has 1 aliphatic heterocycles. The maximum Gasteiger partial charge on any atom is 0.317 e. The number of hydrogen-bond acceptors (Lipinski definition) is 2. The first-order valence-electron chi connectivity index (χ1n) is 4.22. The summed E-state index contributed by atoms with van der Waals surface area (Å²) in [6, 6.07) is 0. The molecule has 0 spiro atoms. The minimum Gasteiger partial charge on any atom is -0.480 e. The second-order valence-corrected chi connectivity index (χ2v) is 4.15. The number of halogens is 1. The Morgan fingerprint density at radius 2 is 2.08 bits per heavy atom. The third-order valence-electron chi connectivity index (χ3n) is 2.28. The van der Waals surface area contributed by atoms with Crippen LogP contribution in [0.2, 0.25) is 0 Å². The number of nitrogens with zero attached hydrogens (tertiary/aromatic N) is 1. The van der Waals surface area contributed by atoms with Crippen LogP contribution in [0.25, 0.3) is 0 Å². The van der Waals surface area contributed by atoms with E-state index in [4.69, 9.17) is 5.11 Å². The van der Waals surface area contributed by atoms with Gasteiger partial charge in [-0.15, -0.1) is 0 Å². The van der Waals surface area contributed by atoms with E-state index < -0.39 is 5.97 Å². The van der Waals surface area contributed by atoms with Gasteiger partial charge in [-0.1, -0.05) is 22.6 Å². The predicted octanol–water partition coefficient (Wildman–Crippen LogP) is 1.22. The van der Waals surface area contributed by atoms with Crippen LogP contribution in [0.15, 0.2) is 0 Å². The van der Waals surface area contributed by atoms with Crippen LogP contribution in [-0.4, -0.2) is 40.0 Å². The second-order valence-electron chi connectivity index (χ2n) is 3.27. The maximum absolute atomic E-state index is 10.4. The van der Waals surface area contributed by atoms with Crippen molar-refractivity contribution in [2.75, 3.05) is 24.1 Å². The summed E-state index contributed by atoms with van der Waals surface area (Å²) in [5.74, 6) is 0.110. The van der Waals surface area contributed by atoms with Gasteiger partial charge in [-0.25, -0.2) is 0 Å². The molecule has 0 atom stereocenters. The average molecular weight is 283 g/mol. The SMILES string of the molecule is O=C(O)CN1CCC(CI)CC1. The monoisotopic (exact) mass is 283 g/mol. The van der Waals surface area contributed by atoms with Gasteiger partial charge in [-0.2, -0.15) is 0 Å². The summed E-state index contributed by atoms with van der Waals surface area (Å²) in [6.45, 7) is 2.13. The van der Waals surface area contributed by atoms with Crippen LogP contribution in [0.3, 0.4) is 0 Å². The van der Waals surface area contributed by atoms with Crippen molar-refractivity contribution in [3.8, 4) is 0 Å². The lowest BCUT2D eigenvalue weighted by Crippen LogP contribution is -2.37. The number of rotatable bonds is 3. The van der Waals surface area contributed by atoms with E-state index in [1.807, 2.05) is 4.90 Å². The van der Waals surface area contributed by atoms with Crippen LogP contribution in [0.4, 0.5) is 0 Å². The number of hydrogen-bond donors (Lipinski definition) is 1. The van der Waals surface area contributed by atoms with Crippen molar-refractivity contribution in [2.45, 2.75) is 12.8 Å². The maximum atomic E-state index is 10.4. The summed E-state index contributed by atoms with van der Waals surface area (Å²) in [4.78, 5) is 12.4. The van der Waals surface area contributed by atoms with E-state index in [-0.39, 0.29) is 6.54 Å². The van der Waals surface area contributed by atoms with Gasteiger partial charge in [-0.05, 0) is 31.8 Å². The zero-order chi connectivity index (χ0) is 8.97. The highest BCUT2D eigenvalue weighted by molar-refractivity contribution is 14.1. The summed E-state index contributed by atoms with van der Waals surface area (Å²) in [6.07, 6.45) is 2.33. The van der Waals surface area contributed by atoms with Crippen LogP contribution in [-0.2, 0) is 4.79 Å². The number of likely N-dealkylation sites (tertiary alicyclic amines) is 1. The molecule has 12 heavy (non-hydrogen) atoms. The fourth-order valence-electron chi connectivity index (χ4n) is 1.49. The molecule has 1 saturated heterocycles. The Kier molecular flexibility index (Phi) is 4.28. The van der Waals surface area contributed by atoms with E-state index in [1.54, 1.807) is 0 Å². The molecule has 4 heteroatoms. The smallest absolute Gasteiger partial charge is 0.317 e. The number of carboxylic acid groups (broad SMARTS) is 1. The Balaban J connectivity index is 2.21. The lowest BCUT2D eigenvalue weighted by Gasteiger charge is -2.29. The molecule has 0 amide bonds. The van der Waals surface area contributed by atoms with Crippen molar-refractivity contribution in [2.24, 2.45) is 5.92 Å². The Morgan fingerprint density at radius 3 is 2.50 bits per heavy atom. The molecule has 1 fully saturated rings. The van der Waals surface area contributed by atoms with Crippen molar-refractivity contribution in [3.63, 3.8) is 0 Å². The standard InChI is InChI=1S/C8H14INO2/c9-5-7-1-3-10(4-2-7)6-8(11)12/h7H,1-6H2,(H,11,12). The molecule has 0 aliphatic carbocycles. The summed E-state index contributed by atoms with van der Waals surface area (Å²) >= 11 is 2.40. The molecule has 0 aromatic rings. The summed E-state index contributed by atoms with van der Waals surface area (Å²) in [5.41, 5.74) is 0. The summed E-state index contributed by atoms with van der Waals surface area (Å²) in [7, 11) is 0. The van der Waals surface area contributed by atoms with Crippen molar-refractivity contribution in [1.82, 2.24) is 4.90 Å². The van der Waals surface area contributed by atoms with E-state index in [9.17, 15) is 4.79 Å². The zero-order valence-corrected chi connectivity index (χ0v) is 9.16. The molecular weight excluding hydrogens is 269 g/mol. The largest absolute Gasteiger partial charge is 0.480 e. The highest BCUT2D eigenvalue weighted by Gasteiger charge is 2.19. The summed E-state index contributed by atoms with van der Waals surface area (Å²) < 4.78 is 1.21. The van der Waals surface area contributed by atoms with E-state index in [1.165, 1.54) is 4.43 Å². The van der Waals surface area contributed by atoms with Crippen molar-refractivity contribution in [1.29, 1.82) is 0 Å². The first-order chi connectivity index (χ1) is 5.72. The lowest BCUT2D eigenvalue weighted by molar-refractivity contribution is -0.138. The molecule has 0 aromatic carbocycles.